The molecular formula is C25H29FO5. The number of methoxy groups -OCH3 is 2. The van der Waals surface area contributed by atoms with Crippen molar-refractivity contribution in [1.29, 1.82) is 0 Å². The van der Waals surface area contributed by atoms with Gasteiger partial charge in [0.05, 0.1) is 19.3 Å². The molecule has 1 heterocycles. The molecule has 0 aliphatic carbocycles. The van der Waals surface area contributed by atoms with Crippen LogP contribution in [0.15, 0.2) is 42.2 Å². The number of benzene rings is 2. The Kier molecular flexibility index (Phi) is 6.25. The SMILES string of the molecule is CCc1cc(-c2ccc(F)c(OC)c2)ccc1C1=C(O)C(C)(COC)OC(C)(C)C1=O. The molecule has 31 heavy (non-hydrogen) atoms. The molecule has 1 aliphatic rings. The number of carbonyl (C=O) groups excluding carboxylic acids is 1. The Hall–Kier alpha value is -2.70. The topological polar surface area (TPSA) is 65.0 Å². The Morgan fingerprint density at radius 1 is 1.06 bits per heavy atom. The lowest BCUT2D eigenvalue weighted by Crippen LogP contribution is -2.53. The lowest BCUT2D eigenvalue weighted by atomic mass is 9.80. The summed E-state index contributed by atoms with van der Waals surface area (Å²) in [5.74, 6) is -0.688. The molecule has 0 aromatic heterocycles. The van der Waals surface area contributed by atoms with E-state index in [0.717, 1.165) is 16.7 Å². The van der Waals surface area contributed by atoms with Crippen LogP contribution in [0.5, 0.6) is 5.75 Å². The number of rotatable bonds is 6. The first-order valence-corrected chi connectivity index (χ1v) is 10.2. The number of aliphatic hydroxyl groups excluding tert-OH is 1. The molecule has 0 saturated carbocycles. The third-order valence-corrected chi connectivity index (χ3v) is 5.65. The largest absolute Gasteiger partial charge is 0.508 e. The first kappa shape index (κ1) is 23.0. The highest BCUT2D eigenvalue weighted by atomic mass is 19.1. The van der Waals surface area contributed by atoms with E-state index in [1.807, 2.05) is 25.1 Å². The van der Waals surface area contributed by atoms with E-state index in [1.165, 1.54) is 20.3 Å². The van der Waals surface area contributed by atoms with Gasteiger partial charge in [-0.1, -0.05) is 31.2 Å². The monoisotopic (exact) mass is 428 g/mol. The smallest absolute Gasteiger partial charge is 0.198 e. The molecule has 1 unspecified atom stereocenters. The maximum atomic E-state index is 13.8. The van der Waals surface area contributed by atoms with Gasteiger partial charge in [-0.25, -0.2) is 4.39 Å². The third kappa shape index (κ3) is 4.10. The molecule has 0 spiro atoms. The van der Waals surface area contributed by atoms with Crippen LogP contribution in [0.2, 0.25) is 0 Å². The first-order valence-electron chi connectivity index (χ1n) is 10.2. The molecule has 0 fully saturated rings. The minimum atomic E-state index is -1.14. The van der Waals surface area contributed by atoms with Gasteiger partial charge in [0.25, 0.3) is 0 Å². The number of ether oxygens (including phenoxy) is 3. The summed E-state index contributed by atoms with van der Waals surface area (Å²) >= 11 is 0. The van der Waals surface area contributed by atoms with Crippen molar-refractivity contribution in [2.45, 2.75) is 45.3 Å². The van der Waals surface area contributed by atoms with E-state index in [4.69, 9.17) is 14.2 Å². The summed E-state index contributed by atoms with van der Waals surface area (Å²) in [6, 6.07) is 10.3. The number of aliphatic hydroxyl groups is 1. The molecule has 0 bridgehead atoms. The summed E-state index contributed by atoms with van der Waals surface area (Å²) in [5.41, 5.74) is 1.17. The van der Waals surface area contributed by atoms with Crippen LogP contribution in [-0.2, 0) is 20.7 Å². The second-order valence-electron chi connectivity index (χ2n) is 8.40. The summed E-state index contributed by atoms with van der Waals surface area (Å²) in [6.07, 6.45) is 0.633. The van der Waals surface area contributed by atoms with E-state index >= 15 is 0 Å². The molecule has 0 amide bonds. The van der Waals surface area contributed by atoms with E-state index < -0.39 is 17.0 Å². The normalized spacial score (nSPS) is 20.8. The Balaban J connectivity index is 2.17. The zero-order valence-electron chi connectivity index (χ0n) is 18.8. The van der Waals surface area contributed by atoms with Gasteiger partial charge in [-0.3, -0.25) is 4.79 Å². The van der Waals surface area contributed by atoms with Gasteiger partial charge in [0, 0.05) is 7.11 Å². The van der Waals surface area contributed by atoms with E-state index in [2.05, 4.69) is 0 Å². The predicted octanol–water partition coefficient (Wildman–Crippen LogP) is 5.12. The van der Waals surface area contributed by atoms with Gasteiger partial charge < -0.3 is 19.3 Å². The number of hydrogen-bond donors (Lipinski definition) is 1. The van der Waals surface area contributed by atoms with Crippen LogP contribution in [0.3, 0.4) is 0 Å². The van der Waals surface area contributed by atoms with Crippen molar-refractivity contribution in [3.8, 4) is 16.9 Å². The fraction of sp³-hybridized carbons (Fsp3) is 0.400. The first-order chi connectivity index (χ1) is 14.6. The van der Waals surface area contributed by atoms with Gasteiger partial charge in [-0.05, 0) is 61.6 Å². The van der Waals surface area contributed by atoms with Crippen LogP contribution >= 0.6 is 0 Å². The van der Waals surface area contributed by atoms with Crippen molar-refractivity contribution in [3.05, 3.63) is 59.1 Å². The highest BCUT2D eigenvalue weighted by molar-refractivity contribution is 6.26. The average Bonchev–Trinajstić information content (AvgIpc) is 2.73. The predicted molar refractivity (Wildman–Crippen MR) is 118 cm³/mol. The number of ketones is 1. The summed E-state index contributed by atoms with van der Waals surface area (Å²) in [4.78, 5) is 13.3. The molecule has 2 aromatic rings. The summed E-state index contributed by atoms with van der Waals surface area (Å²) in [6.45, 7) is 7.19. The quantitative estimate of drug-likeness (QED) is 0.692. The van der Waals surface area contributed by atoms with E-state index in [-0.39, 0.29) is 29.5 Å². The lowest BCUT2D eigenvalue weighted by Gasteiger charge is -2.42. The van der Waals surface area contributed by atoms with Gasteiger partial charge in [0.1, 0.15) is 17.0 Å². The second kappa shape index (κ2) is 8.44. The highest BCUT2D eigenvalue weighted by Gasteiger charge is 2.49. The van der Waals surface area contributed by atoms with Crippen LogP contribution in [-0.4, -0.2) is 42.9 Å². The van der Waals surface area contributed by atoms with Gasteiger partial charge >= 0.3 is 0 Å². The van der Waals surface area contributed by atoms with Crippen molar-refractivity contribution in [3.63, 3.8) is 0 Å². The van der Waals surface area contributed by atoms with Crippen molar-refractivity contribution in [2.75, 3.05) is 20.8 Å². The molecule has 3 rings (SSSR count). The van der Waals surface area contributed by atoms with Crippen LogP contribution < -0.4 is 4.74 Å². The molecule has 1 aliphatic heterocycles. The van der Waals surface area contributed by atoms with Gasteiger partial charge in [-0.2, -0.15) is 0 Å². The third-order valence-electron chi connectivity index (χ3n) is 5.65. The van der Waals surface area contributed by atoms with Crippen molar-refractivity contribution in [2.24, 2.45) is 0 Å². The molecule has 6 heteroatoms. The Labute approximate surface area is 182 Å². The van der Waals surface area contributed by atoms with Gasteiger partial charge in [-0.15, -0.1) is 0 Å². The molecule has 5 nitrogen and oxygen atoms in total. The fourth-order valence-corrected chi connectivity index (χ4v) is 4.10. The molecule has 0 radical (unpaired) electrons. The van der Waals surface area contributed by atoms with Crippen molar-refractivity contribution in [1.82, 2.24) is 0 Å². The standard InChI is InChI=1S/C25H29FO5/c1-7-15-12-16(17-9-11-19(26)20(13-17)30-6)8-10-18(15)21-22(27)24(2,3)31-25(4,14-29-5)23(21)28/h8-13,28H,7,14H2,1-6H3. The minimum absolute atomic E-state index is 0.105. The van der Waals surface area contributed by atoms with Gasteiger partial charge in [0.15, 0.2) is 17.3 Å². The Morgan fingerprint density at radius 2 is 1.71 bits per heavy atom. The lowest BCUT2D eigenvalue weighted by molar-refractivity contribution is -0.171. The highest BCUT2D eigenvalue weighted by Crippen LogP contribution is 2.42. The number of carbonyl (C=O) groups is 1. The average molecular weight is 429 g/mol. The molecule has 2 aromatic carbocycles. The molecule has 0 saturated heterocycles. The van der Waals surface area contributed by atoms with E-state index in [0.29, 0.717) is 12.0 Å². The maximum absolute atomic E-state index is 13.8. The van der Waals surface area contributed by atoms with Crippen LogP contribution in [0, 0.1) is 5.82 Å². The zero-order chi connectivity index (χ0) is 23.0. The Bertz CT molecular complexity index is 1040. The molecular weight excluding hydrogens is 399 g/mol. The number of hydrogen-bond acceptors (Lipinski definition) is 5. The molecule has 166 valence electrons. The second-order valence-corrected chi connectivity index (χ2v) is 8.40. The summed E-state index contributed by atoms with van der Waals surface area (Å²) < 4.78 is 30.1. The van der Waals surface area contributed by atoms with Crippen LogP contribution in [0.25, 0.3) is 16.7 Å². The number of halogens is 1. The zero-order valence-corrected chi connectivity index (χ0v) is 18.8. The van der Waals surface area contributed by atoms with Crippen molar-refractivity contribution < 1.29 is 28.5 Å². The van der Waals surface area contributed by atoms with Crippen molar-refractivity contribution >= 4 is 11.4 Å². The van der Waals surface area contributed by atoms with E-state index in [1.54, 1.807) is 32.9 Å². The fourth-order valence-electron chi connectivity index (χ4n) is 4.10. The van der Waals surface area contributed by atoms with Crippen LogP contribution in [0.1, 0.15) is 38.8 Å². The molecule has 1 N–H and O–H groups in total. The minimum Gasteiger partial charge on any atom is -0.508 e. The maximum Gasteiger partial charge on any atom is 0.198 e. The number of aryl methyl sites for hydroxylation is 1. The van der Waals surface area contributed by atoms with E-state index in [9.17, 15) is 14.3 Å². The summed E-state index contributed by atoms with van der Waals surface area (Å²) in [7, 11) is 2.95. The van der Waals surface area contributed by atoms with Gasteiger partial charge in [0.2, 0.25) is 0 Å². The number of Topliss-reactive ketones (excluding diaryl/α,β-unsaturated/α-hetero) is 1. The van der Waals surface area contributed by atoms with Crippen LogP contribution in [0.4, 0.5) is 4.39 Å². The molecule has 1 atom stereocenters. The Morgan fingerprint density at radius 3 is 2.32 bits per heavy atom. The summed E-state index contributed by atoms with van der Waals surface area (Å²) in [5, 5.41) is 11.1.